The van der Waals surface area contributed by atoms with Crippen LogP contribution in [0.3, 0.4) is 0 Å². The zero-order valence-corrected chi connectivity index (χ0v) is 12.2. The highest BCUT2D eigenvalue weighted by atomic mass is 79.9. The molecule has 0 spiro atoms. The Morgan fingerprint density at radius 3 is 2.71 bits per heavy atom. The average Bonchev–Trinajstić information content (AvgIpc) is 2.35. The Kier molecular flexibility index (Phi) is 6.55. The first-order valence-electron chi connectivity index (χ1n) is 6.04. The predicted molar refractivity (Wildman–Crippen MR) is 76.4 cm³/mol. The molecule has 0 saturated heterocycles. The van der Waals surface area contributed by atoms with Crippen molar-refractivity contribution in [3.05, 3.63) is 28.2 Å². The fourth-order valence-corrected chi connectivity index (χ4v) is 2.20. The normalized spacial score (nSPS) is 10.6. The molecule has 0 aliphatic rings. The molecule has 0 radical (unpaired) electrons. The summed E-state index contributed by atoms with van der Waals surface area (Å²) in [7, 11) is 0. The molecule has 0 atom stereocenters. The van der Waals surface area contributed by atoms with Gasteiger partial charge in [0.2, 0.25) is 0 Å². The minimum Gasteiger partial charge on any atom is -0.380 e. The number of benzene rings is 1. The summed E-state index contributed by atoms with van der Waals surface area (Å²) in [5.74, 6) is 0. The van der Waals surface area contributed by atoms with Gasteiger partial charge in [-0.25, -0.2) is 0 Å². The second-order valence-corrected chi connectivity index (χ2v) is 4.67. The molecular formula is C13H21BrN2O. The molecule has 2 N–H and O–H groups in total. The highest BCUT2D eigenvalue weighted by Gasteiger charge is 2.09. The van der Waals surface area contributed by atoms with Crippen molar-refractivity contribution in [2.24, 2.45) is 5.73 Å². The Hall–Kier alpha value is -0.580. The standard InChI is InChI=1S/C13H21BrN2O/c1-3-16(7-8-17-4-2)13-6-5-12(14)9-11(13)10-15/h5-6,9H,3-4,7-8,10,15H2,1-2H3. The maximum absolute atomic E-state index is 5.79. The van der Waals surface area contributed by atoms with Crippen LogP contribution in [0.15, 0.2) is 22.7 Å². The monoisotopic (exact) mass is 300 g/mol. The Labute approximate surface area is 112 Å². The molecule has 3 nitrogen and oxygen atoms in total. The molecule has 0 fully saturated rings. The molecule has 0 aliphatic carbocycles. The van der Waals surface area contributed by atoms with Crippen molar-refractivity contribution in [2.45, 2.75) is 20.4 Å². The third-order valence-corrected chi connectivity index (χ3v) is 3.19. The molecular weight excluding hydrogens is 280 g/mol. The van der Waals surface area contributed by atoms with Crippen LogP contribution < -0.4 is 10.6 Å². The van der Waals surface area contributed by atoms with Crippen LogP contribution >= 0.6 is 15.9 Å². The van der Waals surface area contributed by atoms with Crippen molar-refractivity contribution in [3.8, 4) is 0 Å². The summed E-state index contributed by atoms with van der Waals surface area (Å²) in [5.41, 5.74) is 8.16. The summed E-state index contributed by atoms with van der Waals surface area (Å²) in [6.07, 6.45) is 0. The number of hydrogen-bond donors (Lipinski definition) is 1. The van der Waals surface area contributed by atoms with Gasteiger partial charge in [0.05, 0.1) is 6.61 Å². The van der Waals surface area contributed by atoms with E-state index in [0.717, 1.165) is 36.3 Å². The molecule has 0 unspecified atom stereocenters. The van der Waals surface area contributed by atoms with E-state index in [0.29, 0.717) is 6.54 Å². The number of nitrogens with two attached hydrogens (primary N) is 1. The second-order valence-electron chi connectivity index (χ2n) is 3.75. The van der Waals surface area contributed by atoms with Crippen LogP contribution in [-0.4, -0.2) is 26.3 Å². The Morgan fingerprint density at radius 2 is 2.12 bits per heavy atom. The Morgan fingerprint density at radius 1 is 1.35 bits per heavy atom. The SMILES string of the molecule is CCOCCN(CC)c1ccc(Br)cc1CN. The predicted octanol–water partition coefficient (Wildman–Crippen LogP) is 2.77. The van der Waals surface area contributed by atoms with Gasteiger partial charge in [-0.2, -0.15) is 0 Å². The number of likely N-dealkylation sites (N-methyl/N-ethyl adjacent to an activating group) is 1. The third-order valence-electron chi connectivity index (χ3n) is 2.69. The number of hydrogen-bond acceptors (Lipinski definition) is 3. The molecule has 0 amide bonds. The smallest absolute Gasteiger partial charge is 0.0641 e. The van der Waals surface area contributed by atoms with E-state index in [-0.39, 0.29) is 0 Å². The van der Waals surface area contributed by atoms with Crippen LogP contribution in [-0.2, 0) is 11.3 Å². The Balaban J connectivity index is 2.79. The fraction of sp³-hybridized carbons (Fsp3) is 0.538. The molecule has 1 aromatic rings. The molecule has 0 aromatic heterocycles. The van der Waals surface area contributed by atoms with E-state index in [9.17, 15) is 0 Å². The minimum absolute atomic E-state index is 0.555. The molecule has 96 valence electrons. The summed E-state index contributed by atoms with van der Waals surface area (Å²) < 4.78 is 6.47. The molecule has 1 rings (SSSR count). The summed E-state index contributed by atoms with van der Waals surface area (Å²) in [5, 5.41) is 0. The lowest BCUT2D eigenvalue weighted by Gasteiger charge is -2.25. The quantitative estimate of drug-likeness (QED) is 0.787. The molecule has 4 heteroatoms. The first kappa shape index (κ1) is 14.5. The van der Waals surface area contributed by atoms with Gasteiger partial charge in [0, 0.05) is 36.4 Å². The first-order valence-corrected chi connectivity index (χ1v) is 6.83. The van der Waals surface area contributed by atoms with Crippen molar-refractivity contribution in [1.82, 2.24) is 0 Å². The first-order chi connectivity index (χ1) is 8.22. The van der Waals surface area contributed by atoms with Gasteiger partial charge in [0.25, 0.3) is 0 Å². The van der Waals surface area contributed by atoms with Gasteiger partial charge in [-0.1, -0.05) is 15.9 Å². The van der Waals surface area contributed by atoms with E-state index in [1.54, 1.807) is 0 Å². The van der Waals surface area contributed by atoms with Gasteiger partial charge < -0.3 is 15.4 Å². The summed E-state index contributed by atoms with van der Waals surface area (Å²) >= 11 is 3.47. The van der Waals surface area contributed by atoms with E-state index in [1.807, 2.05) is 6.92 Å². The van der Waals surface area contributed by atoms with Crippen molar-refractivity contribution >= 4 is 21.6 Å². The highest BCUT2D eigenvalue weighted by molar-refractivity contribution is 9.10. The van der Waals surface area contributed by atoms with Gasteiger partial charge in [-0.05, 0) is 37.6 Å². The molecule has 1 aromatic carbocycles. The molecule has 0 saturated carbocycles. The maximum Gasteiger partial charge on any atom is 0.0641 e. The minimum atomic E-state index is 0.555. The number of rotatable bonds is 7. The largest absolute Gasteiger partial charge is 0.380 e. The van der Waals surface area contributed by atoms with Crippen molar-refractivity contribution in [3.63, 3.8) is 0 Å². The molecule has 0 bridgehead atoms. The number of anilines is 1. The van der Waals surface area contributed by atoms with Crippen LogP contribution in [0.25, 0.3) is 0 Å². The zero-order chi connectivity index (χ0) is 12.7. The molecule has 0 heterocycles. The topological polar surface area (TPSA) is 38.5 Å². The maximum atomic E-state index is 5.79. The summed E-state index contributed by atoms with van der Waals surface area (Å²) in [6, 6.07) is 6.25. The van der Waals surface area contributed by atoms with E-state index in [1.165, 1.54) is 5.69 Å². The zero-order valence-electron chi connectivity index (χ0n) is 10.6. The lowest BCUT2D eigenvalue weighted by molar-refractivity contribution is 0.154. The van der Waals surface area contributed by atoms with Crippen molar-refractivity contribution in [2.75, 3.05) is 31.2 Å². The van der Waals surface area contributed by atoms with Gasteiger partial charge in [-0.15, -0.1) is 0 Å². The average molecular weight is 301 g/mol. The fourth-order valence-electron chi connectivity index (χ4n) is 1.79. The molecule has 17 heavy (non-hydrogen) atoms. The van der Waals surface area contributed by atoms with Crippen LogP contribution in [0, 0.1) is 0 Å². The lowest BCUT2D eigenvalue weighted by Crippen LogP contribution is -2.28. The number of ether oxygens (including phenoxy) is 1. The van der Waals surface area contributed by atoms with Crippen LogP contribution in [0.2, 0.25) is 0 Å². The summed E-state index contributed by atoms with van der Waals surface area (Å²) in [4.78, 5) is 2.30. The van der Waals surface area contributed by atoms with E-state index >= 15 is 0 Å². The van der Waals surface area contributed by atoms with Gasteiger partial charge in [0.15, 0.2) is 0 Å². The third kappa shape index (κ3) is 4.30. The second kappa shape index (κ2) is 7.69. The molecule has 0 aliphatic heterocycles. The van der Waals surface area contributed by atoms with Crippen LogP contribution in [0.4, 0.5) is 5.69 Å². The number of halogens is 1. The number of nitrogens with zero attached hydrogens (tertiary/aromatic N) is 1. The van der Waals surface area contributed by atoms with E-state index < -0.39 is 0 Å². The summed E-state index contributed by atoms with van der Waals surface area (Å²) in [6.45, 7) is 8.10. The van der Waals surface area contributed by atoms with Crippen LogP contribution in [0.1, 0.15) is 19.4 Å². The van der Waals surface area contributed by atoms with Gasteiger partial charge in [-0.3, -0.25) is 0 Å². The van der Waals surface area contributed by atoms with Gasteiger partial charge >= 0.3 is 0 Å². The highest BCUT2D eigenvalue weighted by Crippen LogP contribution is 2.24. The van der Waals surface area contributed by atoms with E-state index in [4.69, 9.17) is 10.5 Å². The van der Waals surface area contributed by atoms with Crippen LogP contribution in [0.5, 0.6) is 0 Å². The van der Waals surface area contributed by atoms with Crippen molar-refractivity contribution < 1.29 is 4.74 Å². The Bertz CT molecular complexity index is 344. The van der Waals surface area contributed by atoms with E-state index in [2.05, 4.69) is 46.0 Å². The van der Waals surface area contributed by atoms with Gasteiger partial charge in [0.1, 0.15) is 0 Å². The lowest BCUT2D eigenvalue weighted by atomic mass is 10.1. The van der Waals surface area contributed by atoms with Crippen molar-refractivity contribution in [1.29, 1.82) is 0 Å².